The van der Waals surface area contributed by atoms with Gasteiger partial charge in [-0.1, -0.05) is 6.07 Å². The summed E-state index contributed by atoms with van der Waals surface area (Å²) < 4.78 is 1.41. The molecule has 1 aromatic heterocycles. The normalized spacial score (nSPS) is 10.5. The Labute approximate surface area is 128 Å². The first-order valence-corrected chi connectivity index (χ1v) is 6.95. The molecule has 116 valence electrons. The third-order valence-corrected chi connectivity index (χ3v) is 3.22. The Morgan fingerprint density at radius 1 is 1.18 bits per heavy atom. The van der Waals surface area contributed by atoms with E-state index in [-0.39, 0.29) is 23.6 Å². The van der Waals surface area contributed by atoms with Gasteiger partial charge in [0, 0.05) is 17.4 Å². The molecule has 0 unspecified atom stereocenters. The predicted molar refractivity (Wildman–Crippen MR) is 83.7 cm³/mol. The maximum Gasteiger partial charge on any atom is 0.246 e. The number of hydrogen-bond acceptors (Lipinski definition) is 4. The van der Waals surface area contributed by atoms with E-state index in [0.717, 1.165) is 16.8 Å². The van der Waals surface area contributed by atoms with E-state index in [9.17, 15) is 9.59 Å². The second-order valence-corrected chi connectivity index (χ2v) is 5.34. The lowest BCUT2D eigenvalue weighted by Crippen LogP contribution is -2.26. The molecule has 0 bridgehead atoms. The van der Waals surface area contributed by atoms with Crippen molar-refractivity contribution in [3.05, 3.63) is 57.0 Å². The first kappa shape index (κ1) is 15.9. The molecule has 0 aliphatic rings. The Morgan fingerprint density at radius 2 is 1.82 bits per heavy atom. The minimum Gasteiger partial charge on any atom is -0.390 e. The molecule has 2 aromatic rings. The molecule has 6 nitrogen and oxygen atoms in total. The number of aryl methyl sites for hydroxylation is 3. The summed E-state index contributed by atoms with van der Waals surface area (Å²) in [4.78, 5) is 23.7. The van der Waals surface area contributed by atoms with Crippen molar-refractivity contribution in [2.24, 2.45) is 0 Å². The molecule has 2 rings (SSSR count). The largest absolute Gasteiger partial charge is 0.390 e. The van der Waals surface area contributed by atoms with Crippen molar-refractivity contribution in [2.45, 2.75) is 33.9 Å². The van der Waals surface area contributed by atoms with Crippen LogP contribution < -0.4 is 10.7 Å². The van der Waals surface area contributed by atoms with Gasteiger partial charge >= 0.3 is 0 Å². The highest BCUT2D eigenvalue weighted by Crippen LogP contribution is 2.13. The Kier molecular flexibility index (Phi) is 4.72. The highest BCUT2D eigenvalue weighted by Gasteiger charge is 2.09. The number of amides is 1. The molecule has 0 saturated carbocycles. The maximum atomic E-state index is 12.1. The van der Waals surface area contributed by atoms with Crippen LogP contribution in [0.1, 0.15) is 22.5 Å². The van der Waals surface area contributed by atoms with Crippen LogP contribution in [0.2, 0.25) is 0 Å². The van der Waals surface area contributed by atoms with Gasteiger partial charge in [-0.3, -0.25) is 14.3 Å². The Balaban J connectivity index is 2.17. The summed E-state index contributed by atoms with van der Waals surface area (Å²) in [6.45, 7) is 5.15. The third kappa shape index (κ3) is 3.79. The number of nitrogens with zero attached hydrogens (tertiary/aromatic N) is 2. The molecule has 1 aromatic carbocycles. The number of hydrogen-bond donors (Lipinski definition) is 2. The fraction of sp³-hybridized carbons (Fsp3) is 0.312. The Hall–Kier alpha value is -2.47. The molecule has 22 heavy (non-hydrogen) atoms. The molecule has 0 fully saturated rings. The molecule has 6 heteroatoms. The number of aliphatic hydroxyl groups excluding tert-OH is 1. The topological polar surface area (TPSA) is 84.2 Å². The van der Waals surface area contributed by atoms with E-state index in [4.69, 9.17) is 5.11 Å². The first-order valence-electron chi connectivity index (χ1n) is 6.95. The molecular formula is C16H19N3O3. The molecular weight excluding hydrogens is 282 g/mol. The quantitative estimate of drug-likeness (QED) is 0.891. The number of aromatic nitrogens is 2. The number of carbonyl (C=O) groups is 1. The van der Waals surface area contributed by atoms with Crippen LogP contribution >= 0.6 is 0 Å². The molecule has 0 atom stereocenters. The second kappa shape index (κ2) is 6.53. The predicted octanol–water partition coefficient (Wildman–Crippen LogP) is 1.30. The van der Waals surface area contributed by atoms with Gasteiger partial charge in [0.05, 0.1) is 6.61 Å². The molecule has 0 aliphatic carbocycles. The minimum atomic E-state index is -0.447. The van der Waals surface area contributed by atoms with Crippen LogP contribution in [0.3, 0.4) is 0 Å². The van der Waals surface area contributed by atoms with E-state index in [1.165, 1.54) is 10.7 Å². The van der Waals surface area contributed by atoms with Crippen LogP contribution in [-0.2, 0) is 17.9 Å². The van der Waals surface area contributed by atoms with E-state index in [2.05, 4.69) is 10.4 Å². The van der Waals surface area contributed by atoms with Crippen molar-refractivity contribution in [2.75, 3.05) is 5.32 Å². The average Bonchev–Trinajstić information content (AvgIpc) is 2.40. The molecule has 0 radical (unpaired) electrons. The lowest BCUT2D eigenvalue weighted by Gasteiger charge is -2.11. The number of rotatable bonds is 4. The highest BCUT2D eigenvalue weighted by molar-refractivity contribution is 5.90. The zero-order valence-electron chi connectivity index (χ0n) is 12.9. The summed E-state index contributed by atoms with van der Waals surface area (Å²) in [6, 6.07) is 7.16. The van der Waals surface area contributed by atoms with Gasteiger partial charge in [-0.25, -0.2) is 0 Å². The summed E-state index contributed by atoms with van der Waals surface area (Å²) in [7, 11) is 0. The summed E-state index contributed by atoms with van der Waals surface area (Å²) in [6.07, 6.45) is 0. The zero-order valence-corrected chi connectivity index (χ0v) is 12.9. The molecule has 1 amide bonds. The molecule has 0 aliphatic heterocycles. The lowest BCUT2D eigenvalue weighted by atomic mass is 10.1. The van der Waals surface area contributed by atoms with Crippen molar-refractivity contribution in [1.82, 2.24) is 9.78 Å². The Morgan fingerprint density at radius 3 is 2.41 bits per heavy atom. The number of nitrogens with one attached hydrogen (secondary N) is 1. The lowest BCUT2D eigenvalue weighted by molar-refractivity contribution is -0.117. The Bertz CT molecular complexity index is 745. The van der Waals surface area contributed by atoms with Gasteiger partial charge in [0.1, 0.15) is 12.2 Å². The van der Waals surface area contributed by atoms with Gasteiger partial charge in [0.2, 0.25) is 11.3 Å². The first-order chi connectivity index (χ1) is 10.4. The number of carbonyl (C=O) groups excluding carboxylic acids is 1. The number of benzene rings is 1. The van der Waals surface area contributed by atoms with Gasteiger partial charge in [0.15, 0.2) is 0 Å². The summed E-state index contributed by atoms with van der Waals surface area (Å²) in [5, 5.41) is 15.9. The molecule has 0 spiro atoms. The van der Waals surface area contributed by atoms with Crippen LogP contribution in [-0.4, -0.2) is 20.8 Å². The van der Waals surface area contributed by atoms with Crippen molar-refractivity contribution in [3.63, 3.8) is 0 Å². The second-order valence-electron chi connectivity index (χ2n) is 5.34. The standard InChI is InChI=1S/C16H19N3O3/c1-10-4-11(2)6-13(5-10)17-16(22)8-19-12(3)7-15(21)14(9-20)18-19/h4-7,20H,8-9H2,1-3H3,(H,17,22). The van der Waals surface area contributed by atoms with Crippen molar-refractivity contribution >= 4 is 11.6 Å². The van der Waals surface area contributed by atoms with Gasteiger partial charge in [-0.15, -0.1) is 0 Å². The summed E-state index contributed by atoms with van der Waals surface area (Å²) in [5.41, 5.74) is 3.13. The van der Waals surface area contributed by atoms with Crippen LogP contribution in [0, 0.1) is 20.8 Å². The van der Waals surface area contributed by atoms with Crippen LogP contribution in [0.4, 0.5) is 5.69 Å². The number of anilines is 1. The van der Waals surface area contributed by atoms with Crippen molar-refractivity contribution in [3.8, 4) is 0 Å². The van der Waals surface area contributed by atoms with Crippen molar-refractivity contribution < 1.29 is 9.90 Å². The fourth-order valence-electron chi connectivity index (χ4n) is 2.27. The monoisotopic (exact) mass is 301 g/mol. The molecule has 2 N–H and O–H groups in total. The van der Waals surface area contributed by atoms with Crippen molar-refractivity contribution in [1.29, 1.82) is 0 Å². The smallest absolute Gasteiger partial charge is 0.246 e. The van der Waals surface area contributed by atoms with Gasteiger partial charge in [-0.2, -0.15) is 5.10 Å². The van der Waals surface area contributed by atoms with E-state index >= 15 is 0 Å². The number of aliphatic hydroxyl groups is 1. The van der Waals surface area contributed by atoms with Gasteiger partial charge < -0.3 is 10.4 Å². The highest BCUT2D eigenvalue weighted by atomic mass is 16.3. The van der Waals surface area contributed by atoms with Crippen LogP contribution in [0.5, 0.6) is 0 Å². The summed E-state index contributed by atoms with van der Waals surface area (Å²) >= 11 is 0. The SMILES string of the molecule is Cc1cc(C)cc(NC(=O)Cn2nc(CO)c(=O)cc2C)c1. The minimum absolute atomic E-state index is 0.0217. The zero-order chi connectivity index (χ0) is 16.3. The van der Waals surface area contributed by atoms with Gasteiger partial charge in [-0.05, 0) is 44.0 Å². The van der Waals surface area contributed by atoms with Gasteiger partial charge in [0.25, 0.3) is 0 Å². The molecule has 1 heterocycles. The maximum absolute atomic E-state index is 12.1. The average molecular weight is 301 g/mol. The summed E-state index contributed by atoms with van der Waals surface area (Å²) in [5.74, 6) is -0.242. The van der Waals surface area contributed by atoms with E-state index in [1.54, 1.807) is 6.92 Å². The van der Waals surface area contributed by atoms with E-state index < -0.39 is 6.61 Å². The van der Waals surface area contributed by atoms with Crippen LogP contribution in [0.25, 0.3) is 0 Å². The van der Waals surface area contributed by atoms with Crippen LogP contribution in [0.15, 0.2) is 29.1 Å². The van der Waals surface area contributed by atoms with E-state index in [1.807, 2.05) is 32.0 Å². The fourth-order valence-corrected chi connectivity index (χ4v) is 2.27. The third-order valence-electron chi connectivity index (χ3n) is 3.22. The van der Waals surface area contributed by atoms with E-state index in [0.29, 0.717) is 5.69 Å². The molecule has 0 saturated heterocycles.